The number of aliphatic hydroxyl groups is 1. The van der Waals surface area contributed by atoms with Crippen LogP contribution < -0.4 is 10.9 Å². The average Bonchev–Trinajstić information content (AvgIpc) is 2.72. The number of aryl methyl sites for hydroxylation is 2. The summed E-state index contributed by atoms with van der Waals surface area (Å²) in [5.41, 5.74) is -0.392. The van der Waals surface area contributed by atoms with E-state index in [1.807, 2.05) is 13.8 Å². The summed E-state index contributed by atoms with van der Waals surface area (Å²) in [5, 5.41) is 13.4. The molecule has 0 aromatic carbocycles. The van der Waals surface area contributed by atoms with Gasteiger partial charge >= 0.3 is 0 Å². The second kappa shape index (κ2) is 6.64. The van der Waals surface area contributed by atoms with E-state index < -0.39 is 11.5 Å². The van der Waals surface area contributed by atoms with Crippen LogP contribution in [0.4, 0.5) is 0 Å². The molecule has 2 heterocycles. The van der Waals surface area contributed by atoms with Gasteiger partial charge in [0.25, 0.3) is 11.5 Å². The minimum absolute atomic E-state index is 0.0191. The Morgan fingerprint density at radius 2 is 2.00 bits per heavy atom. The molecule has 1 saturated carbocycles. The molecule has 7 heteroatoms. The number of rotatable bonds is 3. The number of hydrogen-bond donors (Lipinski definition) is 2. The van der Waals surface area contributed by atoms with Gasteiger partial charge < -0.3 is 10.4 Å². The lowest BCUT2D eigenvalue weighted by Gasteiger charge is -2.26. The zero-order valence-electron chi connectivity index (χ0n) is 14.1. The van der Waals surface area contributed by atoms with Gasteiger partial charge in [-0.3, -0.25) is 14.0 Å². The van der Waals surface area contributed by atoms with Crippen molar-refractivity contribution in [2.75, 3.05) is 6.54 Å². The molecule has 3 rings (SSSR count). The van der Waals surface area contributed by atoms with Crippen molar-refractivity contribution in [3.8, 4) is 0 Å². The number of aromatic nitrogens is 2. The van der Waals surface area contributed by atoms with Gasteiger partial charge in [-0.15, -0.1) is 11.3 Å². The fourth-order valence-electron chi connectivity index (χ4n) is 3.24. The van der Waals surface area contributed by atoms with E-state index in [1.165, 1.54) is 21.9 Å². The summed E-state index contributed by atoms with van der Waals surface area (Å²) in [6.45, 7) is 3.95. The number of fused-ring (bicyclic) bond motifs is 1. The van der Waals surface area contributed by atoms with E-state index in [0.717, 1.165) is 36.3 Å². The number of amides is 1. The third kappa shape index (κ3) is 3.23. The van der Waals surface area contributed by atoms with Crippen LogP contribution >= 0.6 is 11.3 Å². The lowest BCUT2D eigenvalue weighted by Crippen LogP contribution is -2.44. The van der Waals surface area contributed by atoms with Crippen LogP contribution in [0.5, 0.6) is 0 Å². The first-order valence-electron chi connectivity index (χ1n) is 8.40. The predicted molar refractivity (Wildman–Crippen MR) is 93.8 cm³/mol. The van der Waals surface area contributed by atoms with Crippen molar-refractivity contribution in [3.63, 3.8) is 0 Å². The molecule has 1 amide bonds. The summed E-state index contributed by atoms with van der Waals surface area (Å²) in [6, 6.07) is 0. The highest BCUT2D eigenvalue weighted by atomic mass is 32.1. The van der Waals surface area contributed by atoms with Gasteiger partial charge in [0.2, 0.25) is 0 Å². The Morgan fingerprint density at radius 1 is 1.33 bits per heavy atom. The van der Waals surface area contributed by atoms with Crippen molar-refractivity contribution in [1.29, 1.82) is 0 Å². The van der Waals surface area contributed by atoms with Crippen LogP contribution in [0, 0.1) is 13.8 Å². The van der Waals surface area contributed by atoms with E-state index >= 15 is 0 Å². The number of nitrogens with one attached hydrogen (secondary N) is 1. The molecule has 0 radical (unpaired) electrons. The van der Waals surface area contributed by atoms with Gasteiger partial charge in [0.15, 0.2) is 4.96 Å². The summed E-state index contributed by atoms with van der Waals surface area (Å²) >= 11 is 1.43. The van der Waals surface area contributed by atoms with Crippen molar-refractivity contribution in [1.82, 2.24) is 14.7 Å². The summed E-state index contributed by atoms with van der Waals surface area (Å²) in [5.74, 6) is -0.470. The van der Waals surface area contributed by atoms with Gasteiger partial charge in [-0.25, -0.2) is 4.98 Å². The Kier molecular flexibility index (Phi) is 4.73. The van der Waals surface area contributed by atoms with Gasteiger partial charge in [0.05, 0.1) is 5.60 Å². The first-order valence-corrected chi connectivity index (χ1v) is 9.21. The maximum atomic E-state index is 12.6. The lowest BCUT2D eigenvalue weighted by molar-refractivity contribution is 0.0246. The van der Waals surface area contributed by atoms with Crippen molar-refractivity contribution in [3.05, 3.63) is 32.7 Å². The van der Waals surface area contributed by atoms with Crippen molar-refractivity contribution in [2.24, 2.45) is 0 Å². The van der Waals surface area contributed by atoms with Crippen molar-refractivity contribution < 1.29 is 9.90 Å². The topological polar surface area (TPSA) is 83.7 Å². The molecule has 0 bridgehead atoms. The average molecular weight is 349 g/mol. The van der Waals surface area contributed by atoms with Crippen LogP contribution in [0.25, 0.3) is 4.96 Å². The van der Waals surface area contributed by atoms with Crippen LogP contribution in [-0.4, -0.2) is 32.5 Å². The van der Waals surface area contributed by atoms with Crippen molar-refractivity contribution in [2.45, 2.75) is 58.0 Å². The Bertz CT molecular complexity index is 816. The van der Waals surface area contributed by atoms with Gasteiger partial charge in [-0.05, 0) is 26.7 Å². The van der Waals surface area contributed by atoms with Gasteiger partial charge in [0.1, 0.15) is 5.56 Å². The Balaban J connectivity index is 1.80. The van der Waals surface area contributed by atoms with Crippen LogP contribution in [0.2, 0.25) is 0 Å². The zero-order chi connectivity index (χ0) is 17.3. The molecule has 2 aromatic heterocycles. The first kappa shape index (κ1) is 17.1. The van der Waals surface area contributed by atoms with Crippen LogP contribution in [0.1, 0.15) is 59.5 Å². The molecule has 0 spiro atoms. The third-order valence-electron chi connectivity index (χ3n) is 4.88. The number of carbonyl (C=O) groups excluding carboxylic acids is 1. The molecule has 1 fully saturated rings. The number of hydrogen-bond acceptors (Lipinski definition) is 5. The largest absolute Gasteiger partial charge is 0.388 e. The summed E-state index contributed by atoms with van der Waals surface area (Å²) < 4.78 is 1.48. The molecule has 0 unspecified atom stereocenters. The van der Waals surface area contributed by atoms with E-state index in [9.17, 15) is 14.7 Å². The van der Waals surface area contributed by atoms with E-state index in [-0.39, 0.29) is 17.7 Å². The summed E-state index contributed by atoms with van der Waals surface area (Å²) in [4.78, 5) is 30.8. The summed E-state index contributed by atoms with van der Waals surface area (Å²) in [7, 11) is 0. The van der Waals surface area contributed by atoms with Gasteiger partial charge in [0, 0.05) is 23.3 Å². The van der Waals surface area contributed by atoms with Crippen LogP contribution in [0.3, 0.4) is 0 Å². The fraction of sp³-hybridized carbons (Fsp3) is 0.588. The minimum Gasteiger partial charge on any atom is -0.388 e. The van der Waals surface area contributed by atoms with Crippen LogP contribution in [-0.2, 0) is 0 Å². The quantitative estimate of drug-likeness (QED) is 0.832. The molecule has 0 atom stereocenters. The SMILES string of the molecule is Cc1sc2ncc(C(=O)NCC3(O)CCCCCC3)c(=O)n2c1C. The molecule has 6 nitrogen and oxygen atoms in total. The molecular formula is C17H23N3O3S. The second-order valence-corrected chi connectivity index (χ2v) is 7.84. The standard InChI is InChI=1S/C17H23N3O3S/c1-11-12(2)24-16-18-9-13(15(22)20(11)16)14(21)19-10-17(23)7-5-3-4-6-8-17/h9,23H,3-8,10H2,1-2H3,(H,19,21). The molecule has 0 aliphatic heterocycles. The molecule has 2 aromatic rings. The smallest absolute Gasteiger partial charge is 0.271 e. The Labute approximate surface area is 144 Å². The highest BCUT2D eigenvalue weighted by molar-refractivity contribution is 7.17. The highest BCUT2D eigenvalue weighted by Gasteiger charge is 2.29. The van der Waals surface area contributed by atoms with E-state index in [4.69, 9.17) is 0 Å². The van der Waals surface area contributed by atoms with Gasteiger partial charge in [-0.1, -0.05) is 25.7 Å². The summed E-state index contributed by atoms with van der Waals surface area (Å²) in [6.07, 6.45) is 6.88. The molecule has 0 saturated heterocycles. The maximum Gasteiger partial charge on any atom is 0.271 e. The molecule has 1 aliphatic rings. The number of carbonyl (C=O) groups is 1. The Hall–Kier alpha value is -1.73. The Morgan fingerprint density at radius 3 is 2.67 bits per heavy atom. The molecule has 2 N–H and O–H groups in total. The fourth-order valence-corrected chi connectivity index (χ4v) is 4.16. The highest BCUT2D eigenvalue weighted by Crippen LogP contribution is 2.26. The molecule has 24 heavy (non-hydrogen) atoms. The molecular weight excluding hydrogens is 326 g/mol. The minimum atomic E-state index is -0.866. The lowest BCUT2D eigenvalue weighted by atomic mass is 9.94. The predicted octanol–water partition coefficient (Wildman–Crippen LogP) is 2.19. The molecule has 130 valence electrons. The monoisotopic (exact) mass is 349 g/mol. The first-order chi connectivity index (χ1) is 11.4. The van der Waals surface area contributed by atoms with Crippen molar-refractivity contribution >= 4 is 22.2 Å². The van der Waals surface area contributed by atoms with Gasteiger partial charge in [-0.2, -0.15) is 0 Å². The van der Waals surface area contributed by atoms with Crippen LogP contribution in [0.15, 0.2) is 11.0 Å². The number of nitrogens with zero attached hydrogens (tertiary/aromatic N) is 2. The van der Waals surface area contributed by atoms with E-state index in [0.29, 0.717) is 17.8 Å². The maximum absolute atomic E-state index is 12.6. The number of thiazole rings is 1. The third-order valence-corrected chi connectivity index (χ3v) is 5.95. The zero-order valence-corrected chi connectivity index (χ0v) is 14.9. The van der Waals surface area contributed by atoms with E-state index in [2.05, 4.69) is 10.3 Å². The second-order valence-electron chi connectivity index (χ2n) is 6.66. The molecule has 1 aliphatic carbocycles. The normalized spacial score (nSPS) is 17.6. The van der Waals surface area contributed by atoms with E-state index in [1.54, 1.807) is 0 Å².